The molecule has 4 aromatic rings. The maximum atomic E-state index is 2.36. The lowest BCUT2D eigenvalue weighted by molar-refractivity contribution is 0.830. The lowest BCUT2D eigenvalue weighted by atomic mass is 10.2. The highest BCUT2D eigenvalue weighted by atomic mass is 32.2. The van der Waals surface area contributed by atoms with E-state index in [1.165, 1.54) is 26.9 Å². The van der Waals surface area contributed by atoms with Gasteiger partial charge in [-0.05, 0) is 17.2 Å². The van der Waals surface area contributed by atoms with Crippen LogP contribution in [0.4, 0.5) is 0 Å². The minimum absolute atomic E-state index is 0.910. The molecule has 0 aliphatic heterocycles. The molecule has 3 aromatic carbocycles. The number of para-hydroxylation sites is 1. The quantitative estimate of drug-likeness (QED) is 0.408. The zero-order valence-electron chi connectivity index (χ0n) is 13.4. The third-order valence-electron chi connectivity index (χ3n) is 4.18. The Hall–Kier alpha value is -2.45. The molecule has 0 atom stereocenters. The molecule has 0 amide bonds. The summed E-state index contributed by atoms with van der Waals surface area (Å²) in [5.74, 6) is 1.00. The van der Waals surface area contributed by atoms with Gasteiger partial charge in [0.2, 0.25) is 0 Å². The van der Waals surface area contributed by atoms with Crippen molar-refractivity contribution < 1.29 is 0 Å². The maximum absolute atomic E-state index is 2.36. The standard InChI is InChI=1S/C22H19NS/c1-3-9-18(10-4-1)15-23-16-22(20-13-7-8-14-21(20)23)24-17-19-11-5-2-6-12-19/h1-14,16H,15,17H2. The minimum atomic E-state index is 0.910. The highest BCUT2D eigenvalue weighted by Gasteiger charge is 2.09. The van der Waals surface area contributed by atoms with Crippen LogP contribution in [0.15, 0.2) is 96.0 Å². The third kappa shape index (κ3) is 3.24. The molecule has 1 heterocycles. The van der Waals surface area contributed by atoms with Gasteiger partial charge >= 0.3 is 0 Å². The summed E-state index contributed by atoms with van der Waals surface area (Å²) in [5.41, 5.74) is 4.00. The maximum Gasteiger partial charge on any atom is 0.0495 e. The fraction of sp³-hybridized carbons (Fsp3) is 0.0909. The molecule has 0 bridgehead atoms. The second-order valence-corrected chi connectivity index (χ2v) is 6.92. The van der Waals surface area contributed by atoms with E-state index in [4.69, 9.17) is 0 Å². The Morgan fingerprint density at radius 3 is 2.04 bits per heavy atom. The van der Waals surface area contributed by atoms with Crippen LogP contribution < -0.4 is 0 Å². The number of hydrogen-bond acceptors (Lipinski definition) is 1. The van der Waals surface area contributed by atoms with Gasteiger partial charge in [-0.25, -0.2) is 0 Å². The van der Waals surface area contributed by atoms with Gasteiger partial charge < -0.3 is 4.57 Å². The Kier molecular flexibility index (Phi) is 4.39. The Bertz CT molecular complexity index is 926. The number of hydrogen-bond donors (Lipinski definition) is 0. The molecule has 0 unspecified atom stereocenters. The van der Waals surface area contributed by atoms with Gasteiger partial charge in [0.25, 0.3) is 0 Å². The SMILES string of the molecule is c1ccc(CSc2cn(Cc3ccccc3)c3ccccc23)cc1. The number of nitrogens with zero attached hydrogens (tertiary/aromatic N) is 1. The molecule has 0 radical (unpaired) electrons. The van der Waals surface area contributed by atoms with Gasteiger partial charge in [-0.2, -0.15) is 0 Å². The zero-order valence-corrected chi connectivity index (χ0v) is 14.2. The van der Waals surface area contributed by atoms with Crippen LogP contribution in [0, 0.1) is 0 Å². The first kappa shape index (κ1) is 15.1. The number of fused-ring (bicyclic) bond motifs is 1. The van der Waals surface area contributed by atoms with E-state index in [-0.39, 0.29) is 0 Å². The van der Waals surface area contributed by atoms with Crippen LogP contribution in [-0.2, 0) is 12.3 Å². The van der Waals surface area contributed by atoms with Gasteiger partial charge in [0.15, 0.2) is 0 Å². The van der Waals surface area contributed by atoms with Gasteiger partial charge in [-0.3, -0.25) is 0 Å². The van der Waals surface area contributed by atoms with Crippen molar-refractivity contribution in [2.75, 3.05) is 0 Å². The molecule has 0 saturated carbocycles. The number of thioether (sulfide) groups is 1. The summed E-state index contributed by atoms with van der Waals surface area (Å²) >= 11 is 1.91. The first-order chi connectivity index (χ1) is 11.9. The summed E-state index contributed by atoms with van der Waals surface area (Å²) in [5, 5.41) is 1.34. The Morgan fingerprint density at radius 2 is 1.29 bits per heavy atom. The molecular weight excluding hydrogens is 310 g/mol. The van der Waals surface area contributed by atoms with E-state index < -0.39 is 0 Å². The Labute approximate surface area is 146 Å². The fourth-order valence-corrected chi connectivity index (χ4v) is 4.02. The molecule has 0 saturated heterocycles. The third-order valence-corrected chi connectivity index (χ3v) is 5.30. The second-order valence-electron chi connectivity index (χ2n) is 5.90. The average molecular weight is 329 g/mol. The van der Waals surface area contributed by atoms with E-state index in [1.807, 2.05) is 11.8 Å². The van der Waals surface area contributed by atoms with E-state index >= 15 is 0 Å². The van der Waals surface area contributed by atoms with Crippen LogP contribution in [0.2, 0.25) is 0 Å². The van der Waals surface area contributed by atoms with Gasteiger partial charge in [0.1, 0.15) is 0 Å². The van der Waals surface area contributed by atoms with Gasteiger partial charge in [0, 0.05) is 34.3 Å². The van der Waals surface area contributed by atoms with Crippen molar-refractivity contribution in [1.29, 1.82) is 0 Å². The van der Waals surface area contributed by atoms with Crippen LogP contribution in [0.5, 0.6) is 0 Å². The van der Waals surface area contributed by atoms with Crippen molar-refractivity contribution in [3.8, 4) is 0 Å². The van der Waals surface area contributed by atoms with Crippen molar-refractivity contribution in [2.45, 2.75) is 17.2 Å². The largest absolute Gasteiger partial charge is 0.342 e. The normalized spacial score (nSPS) is 11.0. The first-order valence-electron chi connectivity index (χ1n) is 8.19. The molecular formula is C22H19NS. The summed E-state index contributed by atoms with van der Waals surface area (Å²) in [7, 11) is 0. The Balaban J connectivity index is 1.64. The second kappa shape index (κ2) is 6.98. The first-order valence-corrected chi connectivity index (χ1v) is 9.17. The molecule has 118 valence electrons. The molecule has 0 aliphatic rings. The molecule has 4 rings (SSSR count). The molecule has 1 aromatic heterocycles. The van der Waals surface area contributed by atoms with E-state index in [9.17, 15) is 0 Å². The van der Waals surface area contributed by atoms with Crippen LogP contribution in [0.1, 0.15) is 11.1 Å². The van der Waals surface area contributed by atoms with E-state index in [1.54, 1.807) is 0 Å². The lowest BCUT2D eigenvalue weighted by Gasteiger charge is -2.05. The predicted molar refractivity (Wildman–Crippen MR) is 103 cm³/mol. The van der Waals surface area contributed by atoms with Gasteiger partial charge in [-0.1, -0.05) is 78.9 Å². The molecule has 0 aliphatic carbocycles. The summed E-state index contributed by atoms with van der Waals surface area (Å²) < 4.78 is 2.36. The summed E-state index contributed by atoms with van der Waals surface area (Å²) in [4.78, 5) is 1.35. The van der Waals surface area contributed by atoms with Crippen molar-refractivity contribution >= 4 is 22.7 Å². The smallest absolute Gasteiger partial charge is 0.0495 e. The molecule has 1 nitrogen and oxygen atoms in total. The van der Waals surface area contributed by atoms with Crippen LogP contribution in [-0.4, -0.2) is 4.57 Å². The van der Waals surface area contributed by atoms with Crippen LogP contribution in [0.25, 0.3) is 10.9 Å². The van der Waals surface area contributed by atoms with Crippen molar-refractivity contribution in [2.24, 2.45) is 0 Å². The highest BCUT2D eigenvalue weighted by molar-refractivity contribution is 7.98. The summed E-state index contributed by atoms with van der Waals surface area (Å²) in [6, 6.07) is 30.0. The molecule has 0 N–H and O–H groups in total. The monoisotopic (exact) mass is 329 g/mol. The minimum Gasteiger partial charge on any atom is -0.342 e. The number of benzene rings is 3. The lowest BCUT2D eigenvalue weighted by Crippen LogP contribution is -1.97. The van der Waals surface area contributed by atoms with E-state index in [0.717, 1.165) is 12.3 Å². The van der Waals surface area contributed by atoms with Crippen molar-refractivity contribution in [3.05, 3.63) is 102 Å². The zero-order chi connectivity index (χ0) is 16.2. The average Bonchev–Trinajstić information content (AvgIpc) is 3.00. The van der Waals surface area contributed by atoms with Gasteiger partial charge in [-0.15, -0.1) is 11.8 Å². The summed E-state index contributed by atoms with van der Waals surface area (Å²) in [6.45, 7) is 0.910. The predicted octanol–water partition coefficient (Wildman–Crippen LogP) is 5.98. The topological polar surface area (TPSA) is 4.93 Å². The van der Waals surface area contributed by atoms with Crippen LogP contribution >= 0.6 is 11.8 Å². The van der Waals surface area contributed by atoms with E-state index in [2.05, 4.69) is 95.7 Å². The highest BCUT2D eigenvalue weighted by Crippen LogP contribution is 2.32. The van der Waals surface area contributed by atoms with Crippen LogP contribution in [0.3, 0.4) is 0 Å². The molecule has 24 heavy (non-hydrogen) atoms. The molecule has 0 fully saturated rings. The molecule has 0 spiro atoms. The Morgan fingerprint density at radius 1 is 0.667 bits per heavy atom. The van der Waals surface area contributed by atoms with E-state index in [0.29, 0.717) is 0 Å². The summed E-state index contributed by atoms with van der Waals surface area (Å²) in [6.07, 6.45) is 2.30. The number of aromatic nitrogens is 1. The number of rotatable bonds is 5. The van der Waals surface area contributed by atoms with Crippen molar-refractivity contribution in [3.63, 3.8) is 0 Å². The van der Waals surface area contributed by atoms with Gasteiger partial charge in [0.05, 0.1) is 0 Å². The fourth-order valence-electron chi connectivity index (χ4n) is 2.97. The molecule has 2 heteroatoms. The van der Waals surface area contributed by atoms with Crippen molar-refractivity contribution in [1.82, 2.24) is 4.57 Å².